The van der Waals surface area contributed by atoms with Gasteiger partial charge in [0.2, 0.25) is 0 Å². The Morgan fingerprint density at radius 2 is 2.31 bits per heavy atom. The van der Waals surface area contributed by atoms with Gasteiger partial charge in [-0.3, -0.25) is 10.1 Å². The van der Waals surface area contributed by atoms with Crippen LogP contribution in [0.25, 0.3) is 0 Å². The molecule has 1 aliphatic heterocycles. The molecular formula is C11H15N3O2. The maximum Gasteiger partial charge on any atom is 0.272 e. The number of hydrogen-bond donors (Lipinski definition) is 2. The summed E-state index contributed by atoms with van der Waals surface area (Å²) >= 11 is 0. The van der Waals surface area contributed by atoms with Gasteiger partial charge in [0.1, 0.15) is 0 Å². The molecule has 0 unspecified atom stereocenters. The molecule has 1 aliphatic rings. The third kappa shape index (κ3) is 2.37. The molecule has 0 bridgehead atoms. The Bertz CT molecular complexity index is 402. The van der Waals surface area contributed by atoms with Crippen molar-refractivity contribution >= 4 is 5.69 Å². The molecule has 1 saturated heterocycles. The van der Waals surface area contributed by atoms with Crippen LogP contribution in [0.2, 0.25) is 0 Å². The Kier molecular flexibility index (Phi) is 3.17. The highest BCUT2D eigenvalue weighted by Gasteiger charge is 2.16. The molecule has 1 aromatic rings. The number of nitro groups is 1. The predicted molar refractivity (Wildman–Crippen MR) is 61.3 cm³/mol. The lowest BCUT2D eigenvalue weighted by molar-refractivity contribution is -0.385. The number of rotatable bonds is 4. The zero-order chi connectivity index (χ0) is 11.5. The van der Waals surface area contributed by atoms with Crippen molar-refractivity contribution < 1.29 is 4.92 Å². The Balaban J connectivity index is 2.03. The fourth-order valence-electron chi connectivity index (χ4n) is 1.66. The first-order valence-electron chi connectivity index (χ1n) is 5.35. The summed E-state index contributed by atoms with van der Waals surface area (Å²) in [6.07, 6.45) is 0. The van der Waals surface area contributed by atoms with Crippen LogP contribution in [0.3, 0.4) is 0 Å². The molecular weight excluding hydrogens is 206 g/mol. The van der Waals surface area contributed by atoms with Crippen molar-refractivity contribution in [1.29, 1.82) is 0 Å². The van der Waals surface area contributed by atoms with Crippen molar-refractivity contribution in [1.82, 2.24) is 10.6 Å². The highest BCUT2D eigenvalue weighted by molar-refractivity contribution is 5.42. The second-order valence-electron chi connectivity index (χ2n) is 4.11. The summed E-state index contributed by atoms with van der Waals surface area (Å²) in [6.45, 7) is 4.40. The maximum absolute atomic E-state index is 10.8. The van der Waals surface area contributed by atoms with Gasteiger partial charge in [0.15, 0.2) is 0 Å². The first-order chi connectivity index (χ1) is 7.66. The van der Waals surface area contributed by atoms with Crippen molar-refractivity contribution in [3.05, 3.63) is 39.4 Å². The molecule has 0 saturated carbocycles. The molecule has 1 heterocycles. The minimum Gasteiger partial charge on any atom is -0.314 e. The normalized spacial score (nSPS) is 15.8. The molecule has 0 atom stereocenters. The second-order valence-corrected chi connectivity index (χ2v) is 4.11. The number of aryl methyl sites for hydroxylation is 1. The van der Waals surface area contributed by atoms with E-state index in [4.69, 9.17) is 0 Å². The van der Waals surface area contributed by atoms with Gasteiger partial charge in [-0.15, -0.1) is 0 Å². The number of nitrogens with zero attached hydrogens (tertiary/aromatic N) is 1. The van der Waals surface area contributed by atoms with E-state index in [-0.39, 0.29) is 10.6 Å². The van der Waals surface area contributed by atoms with Crippen LogP contribution in [0.4, 0.5) is 5.69 Å². The van der Waals surface area contributed by atoms with Crippen LogP contribution in [0.15, 0.2) is 18.2 Å². The van der Waals surface area contributed by atoms with Gasteiger partial charge in [0.05, 0.1) is 4.92 Å². The first kappa shape index (κ1) is 11.0. The molecule has 0 amide bonds. The molecule has 0 radical (unpaired) electrons. The van der Waals surface area contributed by atoms with Crippen LogP contribution in [0.5, 0.6) is 0 Å². The van der Waals surface area contributed by atoms with Crippen LogP contribution < -0.4 is 10.6 Å². The van der Waals surface area contributed by atoms with Gasteiger partial charge in [0.25, 0.3) is 5.69 Å². The smallest absolute Gasteiger partial charge is 0.272 e. The Hall–Kier alpha value is -1.46. The molecule has 0 aromatic heterocycles. The summed E-state index contributed by atoms with van der Waals surface area (Å²) in [5, 5.41) is 17.3. The fraction of sp³-hybridized carbons (Fsp3) is 0.455. The Morgan fingerprint density at radius 3 is 2.88 bits per heavy atom. The van der Waals surface area contributed by atoms with Crippen LogP contribution in [-0.2, 0) is 6.54 Å². The molecule has 0 aliphatic carbocycles. The summed E-state index contributed by atoms with van der Waals surface area (Å²) in [5.41, 5.74) is 1.87. The lowest BCUT2D eigenvalue weighted by atomic mass is 10.1. The van der Waals surface area contributed by atoms with Crippen molar-refractivity contribution in [2.75, 3.05) is 13.1 Å². The molecule has 1 fully saturated rings. The van der Waals surface area contributed by atoms with Crippen LogP contribution in [-0.4, -0.2) is 24.1 Å². The Morgan fingerprint density at radius 1 is 1.56 bits per heavy atom. The van der Waals surface area contributed by atoms with E-state index in [9.17, 15) is 10.1 Å². The van der Waals surface area contributed by atoms with E-state index in [1.165, 1.54) is 0 Å². The predicted octanol–water partition coefficient (Wildman–Crippen LogP) is 0.965. The molecule has 5 heteroatoms. The van der Waals surface area contributed by atoms with Gasteiger partial charge in [-0.1, -0.05) is 12.1 Å². The molecule has 5 nitrogen and oxygen atoms in total. The van der Waals surface area contributed by atoms with E-state index in [1.807, 2.05) is 6.07 Å². The van der Waals surface area contributed by atoms with Crippen molar-refractivity contribution in [3.8, 4) is 0 Å². The molecule has 1 aromatic carbocycles. The average Bonchev–Trinajstić information content (AvgIpc) is 2.17. The van der Waals surface area contributed by atoms with Gasteiger partial charge in [-0.05, 0) is 12.5 Å². The van der Waals surface area contributed by atoms with Gasteiger partial charge >= 0.3 is 0 Å². The third-order valence-corrected chi connectivity index (χ3v) is 2.85. The van der Waals surface area contributed by atoms with Crippen molar-refractivity contribution in [2.45, 2.75) is 19.5 Å². The summed E-state index contributed by atoms with van der Waals surface area (Å²) in [5.74, 6) is 0. The van der Waals surface area contributed by atoms with Crippen molar-refractivity contribution in [2.24, 2.45) is 0 Å². The van der Waals surface area contributed by atoms with Crippen molar-refractivity contribution in [3.63, 3.8) is 0 Å². The standard InChI is InChI=1S/C11H15N3O2/c1-8-2-3-9(4-11(8)14(15)16)5-13-10-6-12-7-10/h2-4,10,12-13H,5-7H2,1H3. The van der Waals surface area contributed by atoms with E-state index in [2.05, 4.69) is 10.6 Å². The van der Waals surface area contributed by atoms with Crippen LogP contribution in [0, 0.1) is 17.0 Å². The highest BCUT2D eigenvalue weighted by atomic mass is 16.6. The van der Waals surface area contributed by atoms with Gasteiger partial charge < -0.3 is 10.6 Å². The fourth-order valence-corrected chi connectivity index (χ4v) is 1.66. The largest absolute Gasteiger partial charge is 0.314 e. The van der Waals surface area contributed by atoms with E-state index in [1.54, 1.807) is 19.1 Å². The van der Waals surface area contributed by atoms with E-state index in [0.717, 1.165) is 18.7 Å². The number of nitro benzene ring substituents is 1. The van der Waals surface area contributed by atoms with E-state index < -0.39 is 0 Å². The van der Waals surface area contributed by atoms with Crippen LogP contribution >= 0.6 is 0 Å². The number of benzene rings is 1. The maximum atomic E-state index is 10.8. The monoisotopic (exact) mass is 221 g/mol. The SMILES string of the molecule is Cc1ccc(CNC2CNC2)cc1[N+](=O)[O-]. The number of hydrogen-bond acceptors (Lipinski definition) is 4. The summed E-state index contributed by atoms with van der Waals surface area (Å²) in [4.78, 5) is 10.4. The van der Waals surface area contributed by atoms with E-state index >= 15 is 0 Å². The summed E-state index contributed by atoms with van der Waals surface area (Å²) in [6, 6.07) is 5.88. The van der Waals surface area contributed by atoms with Crippen LogP contribution in [0.1, 0.15) is 11.1 Å². The molecule has 0 spiro atoms. The zero-order valence-electron chi connectivity index (χ0n) is 9.19. The third-order valence-electron chi connectivity index (χ3n) is 2.85. The summed E-state index contributed by atoms with van der Waals surface area (Å²) < 4.78 is 0. The molecule has 2 N–H and O–H groups in total. The molecule has 86 valence electrons. The quantitative estimate of drug-likeness (QED) is 0.587. The lowest BCUT2D eigenvalue weighted by Gasteiger charge is -2.28. The Labute approximate surface area is 94.0 Å². The lowest BCUT2D eigenvalue weighted by Crippen LogP contribution is -2.54. The molecule has 2 rings (SSSR count). The van der Waals surface area contributed by atoms with Gasteiger partial charge in [0, 0.05) is 37.3 Å². The first-order valence-corrected chi connectivity index (χ1v) is 5.35. The van der Waals surface area contributed by atoms with Gasteiger partial charge in [-0.2, -0.15) is 0 Å². The summed E-state index contributed by atoms with van der Waals surface area (Å²) in [7, 11) is 0. The van der Waals surface area contributed by atoms with Gasteiger partial charge in [-0.25, -0.2) is 0 Å². The minimum atomic E-state index is -0.330. The zero-order valence-corrected chi connectivity index (χ0v) is 9.19. The highest BCUT2D eigenvalue weighted by Crippen LogP contribution is 2.19. The number of nitrogens with one attached hydrogen (secondary N) is 2. The molecule has 16 heavy (non-hydrogen) atoms. The minimum absolute atomic E-state index is 0.200. The average molecular weight is 221 g/mol. The second kappa shape index (κ2) is 4.59. The topological polar surface area (TPSA) is 67.2 Å². The van der Waals surface area contributed by atoms with E-state index in [0.29, 0.717) is 18.2 Å².